The van der Waals surface area contributed by atoms with Gasteiger partial charge in [-0.2, -0.15) is 0 Å². The number of rotatable bonds is 7. The minimum atomic E-state index is 0.287. The highest BCUT2D eigenvalue weighted by molar-refractivity contribution is 6.17. The van der Waals surface area contributed by atoms with E-state index in [2.05, 4.69) is 0 Å². The molecule has 0 saturated carbocycles. The summed E-state index contributed by atoms with van der Waals surface area (Å²) in [7, 11) is 0. The van der Waals surface area contributed by atoms with Crippen molar-refractivity contribution in [3.8, 4) is 0 Å². The largest absolute Gasteiger partial charge is 0.396 e. The van der Waals surface area contributed by atoms with Crippen LogP contribution in [0.5, 0.6) is 0 Å². The summed E-state index contributed by atoms with van der Waals surface area (Å²) in [6, 6.07) is 0. The molecule has 1 N–H and O–H groups in total. The van der Waals surface area contributed by atoms with Gasteiger partial charge in [0.05, 0.1) is 6.61 Å². The zero-order valence-electron chi connectivity index (χ0n) is 6.18. The summed E-state index contributed by atoms with van der Waals surface area (Å²) in [5.41, 5.74) is 0. The van der Waals surface area contributed by atoms with Crippen LogP contribution in [-0.2, 0) is 4.74 Å². The SMILES string of the molecule is OCCCCCOCCCl. The Morgan fingerprint density at radius 3 is 2.50 bits per heavy atom. The van der Waals surface area contributed by atoms with E-state index in [1.54, 1.807) is 0 Å². The Morgan fingerprint density at radius 1 is 1.10 bits per heavy atom. The lowest BCUT2D eigenvalue weighted by Gasteiger charge is -1.99. The first-order chi connectivity index (χ1) is 4.91. The van der Waals surface area contributed by atoms with Crippen LogP contribution >= 0.6 is 11.6 Å². The molecule has 0 heterocycles. The number of unbranched alkanes of at least 4 members (excludes halogenated alkanes) is 2. The molecule has 0 bridgehead atoms. The molecule has 0 aliphatic rings. The van der Waals surface area contributed by atoms with Gasteiger partial charge in [-0.3, -0.25) is 0 Å². The minimum Gasteiger partial charge on any atom is -0.396 e. The average molecular weight is 167 g/mol. The molecule has 0 radical (unpaired) electrons. The smallest absolute Gasteiger partial charge is 0.0601 e. The zero-order chi connectivity index (χ0) is 7.66. The Morgan fingerprint density at radius 2 is 1.90 bits per heavy atom. The molecule has 62 valence electrons. The van der Waals surface area contributed by atoms with E-state index in [4.69, 9.17) is 21.4 Å². The van der Waals surface area contributed by atoms with E-state index < -0.39 is 0 Å². The summed E-state index contributed by atoms with van der Waals surface area (Å²) in [4.78, 5) is 0. The van der Waals surface area contributed by atoms with Crippen molar-refractivity contribution in [3.05, 3.63) is 0 Å². The van der Waals surface area contributed by atoms with E-state index in [9.17, 15) is 0 Å². The number of halogens is 1. The summed E-state index contributed by atoms with van der Waals surface area (Å²) in [5, 5.41) is 8.41. The number of aliphatic hydroxyl groups is 1. The van der Waals surface area contributed by atoms with Crippen molar-refractivity contribution < 1.29 is 9.84 Å². The molecule has 0 aromatic carbocycles. The van der Waals surface area contributed by atoms with E-state index in [1.807, 2.05) is 0 Å². The van der Waals surface area contributed by atoms with Crippen LogP contribution in [0.25, 0.3) is 0 Å². The molecule has 0 rings (SSSR count). The molecular formula is C7H15ClO2. The summed E-state index contributed by atoms with van der Waals surface area (Å²) < 4.78 is 5.12. The molecule has 0 unspecified atom stereocenters. The standard InChI is InChI=1S/C7H15ClO2/c8-4-7-10-6-3-1-2-5-9/h9H,1-7H2. The van der Waals surface area contributed by atoms with Gasteiger partial charge in [0.15, 0.2) is 0 Å². The van der Waals surface area contributed by atoms with Crippen LogP contribution in [0, 0.1) is 0 Å². The van der Waals surface area contributed by atoms with Gasteiger partial charge in [0.25, 0.3) is 0 Å². The van der Waals surface area contributed by atoms with E-state index >= 15 is 0 Å². The van der Waals surface area contributed by atoms with Crippen molar-refractivity contribution in [3.63, 3.8) is 0 Å². The Hall–Kier alpha value is 0.210. The third-order valence-electron chi connectivity index (χ3n) is 1.17. The second-order valence-electron chi connectivity index (χ2n) is 2.09. The van der Waals surface area contributed by atoms with Crippen LogP contribution in [0.3, 0.4) is 0 Å². The lowest BCUT2D eigenvalue weighted by Crippen LogP contribution is -1.97. The predicted molar refractivity (Wildman–Crippen MR) is 42.5 cm³/mol. The summed E-state index contributed by atoms with van der Waals surface area (Å²) in [5.74, 6) is 0.569. The number of aliphatic hydroxyl groups excluding tert-OH is 1. The molecule has 10 heavy (non-hydrogen) atoms. The van der Waals surface area contributed by atoms with Crippen molar-refractivity contribution in [2.75, 3.05) is 25.7 Å². The molecule has 0 aromatic rings. The third kappa shape index (κ3) is 8.21. The monoisotopic (exact) mass is 166 g/mol. The maximum Gasteiger partial charge on any atom is 0.0601 e. The van der Waals surface area contributed by atoms with Gasteiger partial charge in [0, 0.05) is 19.1 Å². The van der Waals surface area contributed by atoms with Crippen molar-refractivity contribution in [1.82, 2.24) is 0 Å². The second kappa shape index (κ2) is 9.21. The Balaban J connectivity index is 2.65. The van der Waals surface area contributed by atoms with E-state index in [0.717, 1.165) is 25.9 Å². The van der Waals surface area contributed by atoms with E-state index in [-0.39, 0.29) is 6.61 Å². The van der Waals surface area contributed by atoms with Gasteiger partial charge in [0.1, 0.15) is 0 Å². The van der Waals surface area contributed by atoms with Gasteiger partial charge < -0.3 is 9.84 Å². The molecule has 0 amide bonds. The Bertz CT molecular complexity index is 51.6. The first-order valence-corrected chi connectivity index (χ1v) is 4.20. The fraction of sp³-hybridized carbons (Fsp3) is 1.00. The van der Waals surface area contributed by atoms with Crippen LogP contribution in [0.1, 0.15) is 19.3 Å². The fourth-order valence-electron chi connectivity index (χ4n) is 0.649. The van der Waals surface area contributed by atoms with Crippen molar-refractivity contribution in [2.24, 2.45) is 0 Å². The summed E-state index contributed by atoms with van der Waals surface area (Å²) in [6.07, 6.45) is 2.94. The van der Waals surface area contributed by atoms with Crippen molar-refractivity contribution in [2.45, 2.75) is 19.3 Å². The van der Waals surface area contributed by atoms with Crippen LogP contribution in [-0.4, -0.2) is 30.8 Å². The number of alkyl halides is 1. The maximum absolute atomic E-state index is 8.41. The Kier molecular flexibility index (Phi) is 9.40. The average Bonchev–Trinajstić information content (AvgIpc) is 1.97. The van der Waals surface area contributed by atoms with Crippen molar-refractivity contribution >= 4 is 11.6 Å². The molecular weight excluding hydrogens is 152 g/mol. The molecule has 0 atom stereocenters. The summed E-state index contributed by atoms with van der Waals surface area (Å²) >= 11 is 5.38. The highest BCUT2D eigenvalue weighted by Crippen LogP contribution is 1.94. The van der Waals surface area contributed by atoms with Gasteiger partial charge in [-0.1, -0.05) is 0 Å². The minimum absolute atomic E-state index is 0.287. The first kappa shape index (κ1) is 10.2. The molecule has 0 fully saturated rings. The number of hydrogen-bond donors (Lipinski definition) is 1. The molecule has 0 aromatic heterocycles. The third-order valence-corrected chi connectivity index (χ3v) is 1.32. The molecule has 0 spiro atoms. The van der Waals surface area contributed by atoms with Gasteiger partial charge in [0.2, 0.25) is 0 Å². The zero-order valence-corrected chi connectivity index (χ0v) is 6.94. The van der Waals surface area contributed by atoms with Gasteiger partial charge in [-0.25, -0.2) is 0 Å². The van der Waals surface area contributed by atoms with Gasteiger partial charge in [-0.15, -0.1) is 11.6 Å². The van der Waals surface area contributed by atoms with E-state index in [0.29, 0.717) is 12.5 Å². The van der Waals surface area contributed by atoms with Crippen LogP contribution in [0.15, 0.2) is 0 Å². The van der Waals surface area contributed by atoms with Gasteiger partial charge >= 0.3 is 0 Å². The summed E-state index contributed by atoms with van der Waals surface area (Å²) in [6.45, 7) is 1.70. The highest BCUT2D eigenvalue weighted by Gasteiger charge is 1.87. The maximum atomic E-state index is 8.41. The number of ether oxygens (including phenoxy) is 1. The van der Waals surface area contributed by atoms with Crippen LogP contribution in [0.4, 0.5) is 0 Å². The second-order valence-corrected chi connectivity index (χ2v) is 2.46. The quantitative estimate of drug-likeness (QED) is 0.458. The molecule has 3 heteroatoms. The van der Waals surface area contributed by atoms with Gasteiger partial charge in [-0.05, 0) is 19.3 Å². The highest BCUT2D eigenvalue weighted by atomic mass is 35.5. The van der Waals surface area contributed by atoms with E-state index in [1.165, 1.54) is 0 Å². The lowest BCUT2D eigenvalue weighted by atomic mass is 10.2. The normalized spacial score (nSPS) is 10.2. The lowest BCUT2D eigenvalue weighted by molar-refractivity contribution is 0.143. The Labute approximate surface area is 67.1 Å². The topological polar surface area (TPSA) is 29.5 Å². The van der Waals surface area contributed by atoms with Crippen LogP contribution in [0.2, 0.25) is 0 Å². The molecule has 0 aliphatic carbocycles. The molecule has 2 nitrogen and oxygen atoms in total. The first-order valence-electron chi connectivity index (χ1n) is 3.66. The molecule has 0 aliphatic heterocycles. The van der Waals surface area contributed by atoms with Crippen molar-refractivity contribution in [1.29, 1.82) is 0 Å². The fourth-order valence-corrected chi connectivity index (χ4v) is 0.758. The molecule has 0 saturated heterocycles. The predicted octanol–water partition coefficient (Wildman–Crippen LogP) is 1.40. The van der Waals surface area contributed by atoms with Crippen LogP contribution < -0.4 is 0 Å². The number of hydrogen-bond acceptors (Lipinski definition) is 2.